The number of amides is 2. The van der Waals surface area contributed by atoms with Crippen molar-refractivity contribution in [1.29, 1.82) is 0 Å². The molecule has 0 fully saturated rings. The Labute approximate surface area is 144 Å². The summed E-state index contributed by atoms with van der Waals surface area (Å²) >= 11 is 1.59. The molecule has 0 radical (unpaired) electrons. The first-order valence-corrected chi connectivity index (χ1v) is 8.96. The predicted octanol–water partition coefficient (Wildman–Crippen LogP) is 3.60. The number of anilines is 2. The Bertz CT molecular complexity index is 804. The van der Waals surface area contributed by atoms with Crippen molar-refractivity contribution < 1.29 is 14.3 Å². The molecule has 1 aliphatic carbocycles. The molecule has 1 aliphatic heterocycles. The third kappa shape index (κ3) is 2.78. The first-order chi connectivity index (χ1) is 11.6. The first kappa shape index (κ1) is 15.2. The van der Waals surface area contributed by atoms with Gasteiger partial charge in [-0.25, -0.2) is 0 Å². The number of thiophene rings is 1. The summed E-state index contributed by atoms with van der Waals surface area (Å²) in [5.41, 5.74) is 2.54. The molecule has 1 aromatic carbocycles. The summed E-state index contributed by atoms with van der Waals surface area (Å²) in [6.45, 7) is 1.70. The molecule has 0 saturated carbocycles. The zero-order valence-corrected chi connectivity index (χ0v) is 14.2. The lowest BCUT2D eigenvalue weighted by atomic mass is 9.99. The van der Waals surface area contributed by atoms with Crippen LogP contribution in [-0.4, -0.2) is 17.9 Å². The molecule has 0 unspecified atom stereocenters. The molecule has 0 saturated heterocycles. The SMILES string of the molecule is C[C@H]1Oc2ccc(NC(=O)c3cc4c(s3)CCCC4)cc2NC1=O. The Balaban J connectivity index is 1.53. The fourth-order valence-electron chi connectivity index (χ4n) is 3.08. The Morgan fingerprint density at radius 1 is 1.29 bits per heavy atom. The van der Waals surface area contributed by atoms with Gasteiger partial charge in [-0.05, 0) is 62.4 Å². The van der Waals surface area contributed by atoms with Gasteiger partial charge in [0.15, 0.2) is 6.10 Å². The van der Waals surface area contributed by atoms with E-state index in [0.717, 1.165) is 17.7 Å². The number of hydrogen-bond acceptors (Lipinski definition) is 4. The summed E-state index contributed by atoms with van der Waals surface area (Å²) in [5, 5.41) is 5.70. The number of aryl methyl sites for hydroxylation is 2. The maximum absolute atomic E-state index is 12.5. The van der Waals surface area contributed by atoms with Crippen LogP contribution >= 0.6 is 11.3 Å². The highest BCUT2D eigenvalue weighted by molar-refractivity contribution is 7.14. The summed E-state index contributed by atoms with van der Waals surface area (Å²) in [5.74, 6) is 0.328. The summed E-state index contributed by atoms with van der Waals surface area (Å²) in [6, 6.07) is 7.29. The van der Waals surface area contributed by atoms with Gasteiger partial charge in [-0.1, -0.05) is 0 Å². The highest BCUT2D eigenvalue weighted by Crippen LogP contribution is 2.33. The maximum atomic E-state index is 12.5. The van der Waals surface area contributed by atoms with E-state index in [1.807, 2.05) is 6.07 Å². The molecule has 2 aliphatic rings. The monoisotopic (exact) mass is 342 g/mol. The van der Waals surface area contributed by atoms with Gasteiger partial charge in [0.05, 0.1) is 10.6 Å². The number of benzene rings is 1. The second-order valence-corrected chi connectivity index (χ2v) is 7.32. The lowest BCUT2D eigenvalue weighted by Crippen LogP contribution is -2.34. The van der Waals surface area contributed by atoms with Gasteiger partial charge in [-0.3, -0.25) is 9.59 Å². The number of carbonyl (C=O) groups excluding carboxylic acids is 2. The summed E-state index contributed by atoms with van der Waals surface area (Å²) < 4.78 is 5.52. The molecule has 2 amide bonds. The topological polar surface area (TPSA) is 67.4 Å². The quantitative estimate of drug-likeness (QED) is 0.876. The second kappa shape index (κ2) is 5.94. The van der Waals surface area contributed by atoms with E-state index in [1.54, 1.807) is 36.5 Å². The molecule has 1 aromatic heterocycles. The van der Waals surface area contributed by atoms with Crippen LogP contribution in [0, 0.1) is 0 Å². The molecular formula is C18H18N2O3S. The lowest BCUT2D eigenvalue weighted by Gasteiger charge is -2.23. The second-order valence-electron chi connectivity index (χ2n) is 6.18. The molecule has 0 bridgehead atoms. The van der Waals surface area contributed by atoms with E-state index in [-0.39, 0.29) is 11.8 Å². The summed E-state index contributed by atoms with van der Waals surface area (Å²) in [4.78, 5) is 26.3. The Hall–Kier alpha value is -2.34. The number of fused-ring (bicyclic) bond motifs is 2. The average Bonchev–Trinajstić information content (AvgIpc) is 3.00. The van der Waals surface area contributed by atoms with Gasteiger partial charge in [0.25, 0.3) is 11.8 Å². The molecule has 2 heterocycles. The van der Waals surface area contributed by atoms with Crippen LogP contribution in [0.3, 0.4) is 0 Å². The highest BCUT2D eigenvalue weighted by Gasteiger charge is 2.24. The van der Waals surface area contributed by atoms with Crippen LogP contribution in [0.4, 0.5) is 11.4 Å². The number of ether oxygens (including phenoxy) is 1. The van der Waals surface area contributed by atoms with E-state index >= 15 is 0 Å². The predicted molar refractivity (Wildman–Crippen MR) is 94.1 cm³/mol. The average molecular weight is 342 g/mol. The largest absolute Gasteiger partial charge is 0.479 e. The fraction of sp³-hybridized carbons (Fsp3) is 0.333. The van der Waals surface area contributed by atoms with E-state index in [0.29, 0.717) is 17.1 Å². The van der Waals surface area contributed by atoms with E-state index in [1.165, 1.54) is 23.3 Å². The molecule has 24 heavy (non-hydrogen) atoms. The molecule has 2 N–H and O–H groups in total. The van der Waals surface area contributed by atoms with Gasteiger partial charge >= 0.3 is 0 Å². The van der Waals surface area contributed by atoms with Crippen molar-refractivity contribution >= 4 is 34.5 Å². The first-order valence-electron chi connectivity index (χ1n) is 8.14. The molecule has 2 aromatic rings. The van der Waals surface area contributed by atoms with E-state index in [2.05, 4.69) is 10.6 Å². The van der Waals surface area contributed by atoms with Crippen LogP contribution < -0.4 is 15.4 Å². The van der Waals surface area contributed by atoms with Crippen molar-refractivity contribution in [2.24, 2.45) is 0 Å². The minimum Gasteiger partial charge on any atom is -0.479 e. The number of hydrogen-bond donors (Lipinski definition) is 2. The number of rotatable bonds is 2. The van der Waals surface area contributed by atoms with Gasteiger partial charge in [0.2, 0.25) is 0 Å². The van der Waals surface area contributed by atoms with Gasteiger partial charge in [0, 0.05) is 10.6 Å². The zero-order valence-electron chi connectivity index (χ0n) is 13.3. The van der Waals surface area contributed by atoms with Crippen LogP contribution in [-0.2, 0) is 17.6 Å². The van der Waals surface area contributed by atoms with Crippen LogP contribution in [0.25, 0.3) is 0 Å². The Morgan fingerprint density at radius 3 is 2.96 bits per heavy atom. The van der Waals surface area contributed by atoms with Crippen LogP contribution in [0.2, 0.25) is 0 Å². The van der Waals surface area contributed by atoms with E-state index in [4.69, 9.17) is 4.74 Å². The third-order valence-corrected chi connectivity index (χ3v) is 5.62. The summed E-state index contributed by atoms with van der Waals surface area (Å²) in [6.07, 6.45) is 4.05. The van der Waals surface area contributed by atoms with Crippen molar-refractivity contribution in [1.82, 2.24) is 0 Å². The smallest absolute Gasteiger partial charge is 0.265 e. The van der Waals surface area contributed by atoms with Crippen molar-refractivity contribution in [3.05, 3.63) is 39.6 Å². The van der Waals surface area contributed by atoms with Gasteiger partial charge in [-0.2, -0.15) is 0 Å². The molecule has 0 spiro atoms. The van der Waals surface area contributed by atoms with Crippen LogP contribution in [0.15, 0.2) is 24.3 Å². The zero-order chi connectivity index (χ0) is 16.7. The van der Waals surface area contributed by atoms with Crippen molar-refractivity contribution in [3.8, 4) is 5.75 Å². The third-order valence-electron chi connectivity index (χ3n) is 4.39. The number of nitrogens with one attached hydrogen (secondary N) is 2. The number of carbonyl (C=O) groups is 2. The maximum Gasteiger partial charge on any atom is 0.265 e. The molecule has 1 atom stereocenters. The van der Waals surface area contributed by atoms with E-state index < -0.39 is 6.10 Å². The van der Waals surface area contributed by atoms with Gasteiger partial charge in [0.1, 0.15) is 5.75 Å². The summed E-state index contributed by atoms with van der Waals surface area (Å²) in [7, 11) is 0. The van der Waals surface area contributed by atoms with Crippen LogP contribution in [0.1, 0.15) is 39.9 Å². The molecule has 124 valence electrons. The minimum absolute atomic E-state index is 0.106. The van der Waals surface area contributed by atoms with Crippen molar-refractivity contribution in [3.63, 3.8) is 0 Å². The molecule has 4 rings (SSSR count). The Morgan fingerprint density at radius 2 is 2.12 bits per heavy atom. The fourth-order valence-corrected chi connectivity index (χ4v) is 4.23. The van der Waals surface area contributed by atoms with Crippen LogP contribution in [0.5, 0.6) is 5.75 Å². The highest BCUT2D eigenvalue weighted by atomic mass is 32.1. The van der Waals surface area contributed by atoms with Crippen molar-refractivity contribution in [2.45, 2.75) is 38.7 Å². The minimum atomic E-state index is -0.504. The van der Waals surface area contributed by atoms with Gasteiger partial charge < -0.3 is 15.4 Å². The standard InChI is InChI=1S/C18H18N2O3S/c1-10-17(21)20-13-9-12(6-7-14(13)23-10)19-18(22)16-8-11-4-2-3-5-15(11)24-16/h6-10H,2-5H2,1H3,(H,19,22)(H,20,21)/t10-/m1/s1. The van der Waals surface area contributed by atoms with Gasteiger partial charge in [-0.15, -0.1) is 11.3 Å². The molecule has 5 nitrogen and oxygen atoms in total. The molecular weight excluding hydrogens is 324 g/mol. The molecule has 6 heteroatoms. The van der Waals surface area contributed by atoms with Crippen molar-refractivity contribution in [2.75, 3.05) is 10.6 Å². The lowest BCUT2D eigenvalue weighted by molar-refractivity contribution is -0.122. The van der Waals surface area contributed by atoms with E-state index in [9.17, 15) is 9.59 Å². The normalized spacial score (nSPS) is 18.9. The Kier molecular flexibility index (Phi) is 3.76.